The second kappa shape index (κ2) is 4.83. The number of rotatable bonds is 0. The van der Waals surface area contributed by atoms with E-state index in [1.165, 1.54) is 30.4 Å². The molecular formula is C15H24. The van der Waals surface area contributed by atoms with E-state index in [1.807, 2.05) is 13.8 Å². The molecule has 0 bridgehead atoms. The molecule has 0 heteroatoms. The minimum Gasteiger partial charge on any atom is -0.0683 e. The molecule has 1 aromatic carbocycles. The minimum absolute atomic E-state index is 1.31. The van der Waals surface area contributed by atoms with Gasteiger partial charge in [-0.25, -0.2) is 0 Å². The average molecular weight is 204 g/mol. The SMILES string of the molecule is CC.Cc1c(C)c(C)c2c(c1C)CCC2. The minimum atomic E-state index is 1.31. The Balaban J connectivity index is 0.000000531. The highest BCUT2D eigenvalue weighted by atomic mass is 14.2. The maximum absolute atomic E-state index is 2.28. The lowest BCUT2D eigenvalue weighted by atomic mass is 9.90. The highest BCUT2D eigenvalue weighted by molar-refractivity contribution is 5.51. The summed E-state index contributed by atoms with van der Waals surface area (Å²) in [6.45, 7) is 13.1. The third kappa shape index (κ3) is 1.95. The molecule has 0 spiro atoms. The van der Waals surface area contributed by atoms with Gasteiger partial charge in [-0.2, -0.15) is 0 Å². The van der Waals surface area contributed by atoms with Gasteiger partial charge in [0, 0.05) is 0 Å². The van der Waals surface area contributed by atoms with E-state index in [2.05, 4.69) is 27.7 Å². The Labute approximate surface area is 94.7 Å². The highest BCUT2D eigenvalue weighted by Crippen LogP contribution is 2.32. The second-order valence-electron chi connectivity index (χ2n) is 4.31. The first-order valence-corrected chi connectivity index (χ1v) is 6.21. The molecule has 0 aliphatic heterocycles. The van der Waals surface area contributed by atoms with Crippen LogP contribution in [0, 0.1) is 27.7 Å². The summed E-state index contributed by atoms with van der Waals surface area (Å²) in [5.41, 5.74) is 9.43. The van der Waals surface area contributed by atoms with Crippen LogP contribution in [0.2, 0.25) is 0 Å². The number of hydrogen-bond acceptors (Lipinski definition) is 0. The van der Waals surface area contributed by atoms with Crippen LogP contribution in [0.3, 0.4) is 0 Å². The smallest absolute Gasteiger partial charge is 0.0270 e. The van der Waals surface area contributed by atoms with E-state index in [0.29, 0.717) is 0 Å². The Kier molecular flexibility index (Phi) is 3.96. The Morgan fingerprint density at radius 3 is 1.27 bits per heavy atom. The molecule has 0 heterocycles. The Morgan fingerprint density at radius 1 is 0.600 bits per heavy atom. The van der Waals surface area contributed by atoms with Crippen LogP contribution in [0.4, 0.5) is 0 Å². The van der Waals surface area contributed by atoms with Crippen LogP contribution < -0.4 is 0 Å². The van der Waals surface area contributed by atoms with Crippen molar-refractivity contribution in [3.05, 3.63) is 33.4 Å². The fourth-order valence-electron chi connectivity index (χ4n) is 2.59. The van der Waals surface area contributed by atoms with Crippen molar-refractivity contribution in [3.8, 4) is 0 Å². The first-order valence-electron chi connectivity index (χ1n) is 6.21. The summed E-state index contributed by atoms with van der Waals surface area (Å²) in [6, 6.07) is 0. The highest BCUT2D eigenvalue weighted by Gasteiger charge is 2.18. The van der Waals surface area contributed by atoms with Crippen LogP contribution in [0.5, 0.6) is 0 Å². The van der Waals surface area contributed by atoms with Gasteiger partial charge in [0.1, 0.15) is 0 Å². The third-order valence-electron chi connectivity index (χ3n) is 3.81. The molecule has 1 aliphatic rings. The van der Waals surface area contributed by atoms with Crippen LogP contribution in [-0.2, 0) is 12.8 Å². The normalized spacial score (nSPS) is 13.2. The van der Waals surface area contributed by atoms with Crippen LogP contribution in [-0.4, -0.2) is 0 Å². The summed E-state index contributed by atoms with van der Waals surface area (Å²) >= 11 is 0. The molecule has 1 aliphatic carbocycles. The zero-order valence-corrected chi connectivity index (χ0v) is 11.1. The summed E-state index contributed by atoms with van der Waals surface area (Å²) in [7, 11) is 0. The first-order chi connectivity index (χ1) is 7.13. The molecule has 0 unspecified atom stereocenters. The van der Waals surface area contributed by atoms with Crippen molar-refractivity contribution in [3.63, 3.8) is 0 Å². The van der Waals surface area contributed by atoms with Gasteiger partial charge in [-0.15, -0.1) is 0 Å². The van der Waals surface area contributed by atoms with E-state index in [9.17, 15) is 0 Å². The summed E-state index contributed by atoms with van der Waals surface area (Å²) in [4.78, 5) is 0. The third-order valence-corrected chi connectivity index (χ3v) is 3.81. The van der Waals surface area contributed by atoms with Crippen LogP contribution in [0.15, 0.2) is 0 Å². The molecule has 0 saturated carbocycles. The molecule has 2 rings (SSSR count). The van der Waals surface area contributed by atoms with Crippen molar-refractivity contribution >= 4 is 0 Å². The van der Waals surface area contributed by atoms with E-state index >= 15 is 0 Å². The molecule has 0 atom stereocenters. The van der Waals surface area contributed by atoms with Crippen molar-refractivity contribution in [2.24, 2.45) is 0 Å². The fourth-order valence-corrected chi connectivity index (χ4v) is 2.59. The lowest BCUT2D eigenvalue weighted by Crippen LogP contribution is -1.99. The van der Waals surface area contributed by atoms with E-state index < -0.39 is 0 Å². The van der Waals surface area contributed by atoms with Crippen molar-refractivity contribution < 1.29 is 0 Å². The monoisotopic (exact) mass is 204 g/mol. The quantitative estimate of drug-likeness (QED) is 0.586. The largest absolute Gasteiger partial charge is 0.0683 e. The maximum atomic E-state index is 2.28. The van der Waals surface area contributed by atoms with Crippen molar-refractivity contribution in [2.75, 3.05) is 0 Å². The molecule has 0 N–H and O–H groups in total. The van der Waals surface area contributed by atoms with Gasteiger partial charge in [0.25, 0.3) is 0 Å². The van der Waals surface area contributed by atoms with Crippen LogP contribution in [0.1, 0.15) is 53.6 Å². The van der Waals surface area contributed by atoms with Gasteiger partial charge in [-0.1, -0.05) is 13.8 Å². The molecule has 0 fully saturated rings. The molecule has 0 nitrogen and oxygen atoms in total. The maximum Gasteiger partial charge on any atom is -0.0270 e. The Hall–Kier alpha value is -0.780. The van der Waals surface area contributed by atoms with Crippen molar-refractivity contribution in [1.29, 1.82) is 0 Å². The zero-order valence-electron chi connectivity index (χ0n) is 11.1. The van der Waals surface area contributed by atoms with E-state index in [-0.39, 0.29) is 0 Å². The lowest BCUT2D eigenvalue weighted by Gasteiger charge is -2.15. The molecular weight excluding hydrogens is 180 g/mol. The predicted octanol–water partition coefficient (Wildman–Crippen LogP) is 4.44. The molecule has 15 heavy (non-hydrogen) atoms. The van der Waals surface area contributed by atoms with Gasteiger partial charge in [0.2, 0.25) is 0 Å². The van der Waals surface area contributed by atoms with E-state index in [1.54, 1.807) is 22.3 Å². The topological polar surface area (TPSA) is 0 Å². The summed E-state index contributed by atoms with van der Waals surface area (Å²) < 4.78 is 0. The van der Waals surface area contributed by atoms with Crippen molar-refractivity contribution in [2.45, 2.75) is 60.8 Å². The Morgan fingerprint density at radius 2 is 0.933 bits per heavy atom. The molecule has 0 aromatic heterocycles. The Bertz CT molecular complexity index is 324. The van der Waals surface area contributed by atoms with Gasteiger partial charge >= 0.3 is 0 Å². The molecule has 0 radical (unpaired) electrons. The molecule has 1 aromatic rings. The van der Waals surface area contributed by atoms with E-state index in [4.69, 9.17) is 0 Å². The average Bonchev–Trinajstić information content (AvgIpc) is 2.75. The van der Waals surface area contributed by atoms with Gasteiger partial charge in [-0.3, -0.25) is 0 Å². The number of hydrogen-bond donors (Lipinski definition) is 0. The predicted molar refractivity (Wildman–Crippen MR) is 68.8 cm³/mol. The van der Waals surface area contributed by atoms with Gasteiger partial charge in [-0.05, 0) is 80.3 Å². The first kappa shape index (κ1) is 12.3. The van der Waals surface area contributed by atoms with Crippen LogP contribution in [0.25, 0.3) is 0 Å². The molecule has 0 amide bonds. The molecule has 84 valence electrons. The summed E-state index contributed by atoms with van der Waals surface area (Å²) in [6.07, 6.45) is 3.98. The second-order valence-corrected chi connectivity index (χ2v) is 4.31. The summed E-state index contributed by atoms with van der Waals surface area (Å²) in [5, 5.41) is 0. The number of benzene rings is 1. The van der Waals surface area contributed by atoms with Crippen LogP contribution >= 0.6 is 0 Å². The molecule has 0 saturated heterocycles. The van der Waals surface area contributed by atoms with Gasteiger partial charge in [0.05, 0.1) is 0 Å². The van der Waals surface area contributed by atoms with Crippen molar-refractivity contribution in [1.82, 2.24) is 0 Å². The number of fused-ring (bicyclic) bond motifs is 1. The fraction of sp³-hybridized carbons (Fsp3) is 0.600. The lowest BCUT2D eigenvalue weighted by molar-refractivity contribution is 0.907. The van der Waals surface area contributed by atoms with Gasteiger partial charge in [0.15, 0.2) is 0 Å². The summed E-state index contributed by atoms with van der Waals surface area (Å²) in [5.74, 6) is 0. The standard InChI is InChI=1S/C13H18.C2H6/c1-8-9(2)11(4)13-7-5-6-12(13)10(8)3;1-2/h5-7H2,1-4H3;1-2H3. The van der Waals surface area contributed by atoms with E-state index in [0.717, 1.165) is 0 Å². The zero-order chi connectivity index (χ0) is 11.6. The van der Waals surface area contributed by atoms with Gasteiger partial charge < -0.3 is 0 Å².